The van der Waals surface area contributed by atoms with Crippen LogP contribution in [0.25, 0.3) is 0 Å². The van der Waals surface area contributed by atoms with Crippen LogP contribution in [0.5, 0.6) is 0 Å². The van der Waals surface area contributed by atoms with E-state index >= 15 is 0 Å². The third-order valence-corrected chi connectivity index (χ3v) is 7.80. The van der Waals surface area contributed by atoms with Crippen LogP contribution in [0.4, 0.5) is 13.6 Å². The zero-order valence-electron chi connectivity index (χ0n) is 24.1. The average Bonchev–Trinajstić information content (AvgIpc) is 2.92. The van der Waals surface area contributed by atoms with E-state index in [0.717, 1.165) is 5.56 Å². The Hall–Kier alpha value is -3.83. The molecule has 0 spiro atoms. The maximum atomic E-state index is 13.9. The third-order valence-electron chi connectivity index (χ3n) is 6.47. The molecule has 3 rings (SSSR count). The quantitative estimate of drug-likeness (QED) is 0.213. The van der Waals surface area contributed by atoms with E-state index in [4.69, 9.17) is 8.92 Å². The van der Waals surface area contributed by atoms with E-state index in [0.29, 0.717) is 11.1 Å². The predicted octanol–water partition coefficient (Wildman–Crippen LogP) is 5.39. The fraction of sp³-hybridized carbons (Fsp3) is 0.355. The fourth-order valence-electron chi connectivity index (χ4n) is 4.38. The molecule has 0 bridgehead atoms. The van der Waals surface area contributed by atoms with Crippen LogP contribution in [0, 0.1) is 18.6 Å². The summed E-state index contributed by atoms with van der Waals surface area (Å²) in [6.45, 7) is 6.37. The van der Waals surface area contributed by atoms with Gasteiger partial charge in [0.25, 0.3) is 10.1 Å². The molecule has 0 aliphatic rings. The lowest BCUT2D eigenvalue weighted by molar-refractivity contribution is -0.120. The molecule has 0 saturated heterocycles. The molecule has 0 saturated carbocycles. The average molecular weight is 603 g/mol. The minimum Gasteiger partial charge on any atom is -0.444 e. The van der Waals surface area contributed by atoms with Crippen LogP contribution < -0.4 is 10.6 Å². The molecule has 0 aliphatic heterocycles. The second-order valence-electron chi connectivity index (χ2n) is 10.9. The van der Waals surface area contributed by atoms with Gasteiger partial charge in [0, 0.05) is 12.0 Å². The second kappa shape index (κ2) is 13.9. The van der Waals surface area contributed by atoms with Crippen LogP contribution in [0.3, 0.4) is 0 Å². The van der Waals surface area contributed by atoms with Gasteiger partial charge >= 0.3 is 6.09 Å². The van der Waals surface area contributed by atoms with Gasteiger partial charge in [-0.1, -0.05) is 42.0 Å². The van der Waals surface area contributed by atoms with Crippen molar-refractivity contribution in [2.75, 3.05) is 19.7 Å². The molecule has 2 N–H and O–H groups in total. The summed E-state index contributed by atoms with van der Waals surface area (Å²) in [4.78, 5) is 24.8. The molecule has 0 aromatic heterocycles. The number of halogens is 2. The molecule has 0 radical (unpaired) electrons. The lowest BCUT2D eigenvalue weighted by Gasteiger charge is -2.36. The van der Waals surface area contributed by atoms with Gasteiger partial charge in [0.2, 0.25) is 5.91 Å². The van der Waals surface area contributed by atoms with E-state index in [9.17, 15) is 26.8 Å². The fourth-order valence-corrected chi connectivity index (χ4v) is 5.32. The van der Waals surface area contributed by atoms with Crippen molar-refractivity contribution in [2.45, 2.75) is 56.4 Å². The van der Waals surface area contributed by atoms with Gasteiger partial charge in [-0.2, -0.15) is 8.42 Å². The number of carbonyl (C=O) groups is 2. The largest absolute Gasteiger partial charge is 0.444 e. The topological polar surface area (TPSA) is 111 Å². The Kier molecular flexibility index (Phi) is 10.8. The van der Waals surface area contributed by atoms with Crippen LogP contribution in [-0.2, 0) is 29.2 Å². The summed E-state index contributed by atoms with van der Waals surface area (Å²) < 4.78 is 63.7. The van der Waals surface area contributed by atoms with Crippen molar-refractivity contribution in [1.82, 2.24) is 10.6 Å². The first-order valence-electron chi connectivity index (χ1n) is 13.4. The van der Waals surface area contributed by atoms with E-state index in [-0.39, 0.29) is 37.4 Å². The maximum Gasteiger partial charge on any atom is 0.408 e. The van der Waals surface area contributed by atoms with Gasteiger partial charge in [-0.15, -0.1) is 0 Å². The Morgan fingerprint density at radius 2 is 1.33 bits per heavy atom. The zero-order valence-corrected chi connectivity index (χ0v) is 24.9. The number of ether oxygens (including phenoxy) is 1. The Morgan fingerprint density at radius 1 is 0.810 bits per heavy atom. The monoisotopic (exact) mass is 602 g/mol. The van der Waals surface area contributed by atoms with Crippen LogP contribution in [-0.4, -0.2) is 45.7 Å². The highest BCUT2D eigenvalue weighted by atomic mass is 32.2. The molecule has 0 unspecified atom stereocenters. The lowest BCUT2D eigenvalue weighted by atomic mass is 9.71. The summed E-state index contributed by atoms with van der Waals surface area (Å²) >= 11 is 0. The molecule has 0 heterocycles. The third kappa shape index (κ3) is 9.35. The SMILES string of the molecule is Cc1ccc(S(=O)(=O)OCCCC(CNC(=O)CNC(=O)OC(C)(C)C)(c2ccc(F)cc2)c2ccc(F)cc2)cc1. The smallest absolute Gasteiger partial charge is 0.408 e. The van der Waals surface area contributed by atoms with Crippen molar-refractivity contribution in [2.24, 2.45) is 0 Å². The summed E-state index contributed by atoms with van der Waals surface area (Å²) in [5, 5.41) is 5.20. The van der Waals surface area contributed by atoms with Gasteiger partial charge in [0.15, 0.2) is 0 Å². The van der Waals surface area contributed by atoms with Crippen molar-refractivity contribution in [3.8, 4) is 0 Å². The van der Waals surface area contributed by atoms with Gasteiger partial charge in [-0.05, 0) is 88.1 Å². The van der Waals surface area contributed by atoms with Crippen molar-refractivity contribution in [1.29, 1.82) is 0 Å². The van der Waals surface area contributed by atoms with E-state index in [1.54, 1.807) is 57.2 Å². The Morgan fingerprint density at radius 3 is 1.83 bits per heavy atom. The first-order chi connectivity index (χ1) is 19.7. The summed E-state index contributed by atoms with van der Waals surface area (Å²) in [5.41, 5.74) is 0.353. The molecule has 0 fully saturated rings. The van der Waals surface area contributed by atoms with E-state index in [1.807, 2.05) is 6.92 Å². The minimum atomic E-state index is -4.01. The molecule has 2 amide bonds. The number of rotatable bonds is 12. The van der Waals surface area contributed by atoms with Gasteiger partial charge in [-0.3, -0.25) is 8.98 Å². The van der Waals surface area contributed by atoms with Gasteiger partial charge < -0.3 is 15.4 Å². The number of amides is 2. The highest BCUT2D eigenvalue weighted by Gasteiger charge is 2.35. The van der Waals surface area contributed by atoms with Crippen LogP contribution >= 0.6 is 0 Å². The second-order valence-corrected chi connectivity index (χ2v) is 12.5. The first-order valence-corrected chi connectivity index (χ1v) is 14.8. The number of hydrogen-bond donors (Lipinski definition) is 2. The number of carbonyl (C=O) groups excluding carboxylic acids is 2. The molecule has 3 aromatic carbocycles. The first kappa shape index (κ1) is 32.7. The summed E-state index contributed by atoms with van der Waals surface area (Å²) in [7, 11) is -4.01. The Bertz CT molecular complexity index is 1410. The summed E-state index contributed by atoms with van der Waals surface area (Å²) in [6.07, 6.45) is -0.299. The van der Waals surface area contributed by atoms with Crippen molar-refractivity contribution in [3.05, 3.63) is 101 Å². The summed E-state index contributed by atoms with van der Waals surface area (Å²) in [6, 6.07) is 17.6. The predicted molar refractivity (Wildman–Crippen MR) is 154 cm³/mol. The molecular formula is C31H36F2N2O6S. The Balaban J connectivity index is 1.83. The van der Waals surface area contributed by atoms with Crippen molar-refractivity contribution >= 4 is 22.1 Å². The van der Waals surface area contributed by atoms with E-state index < -0.39 is 44.8 Å². The molecule has 226 valence electrons. The minimum absolute atomic E-state index is 0.0240. The number of hydrogen-bond acceptors (Lipinski definition) is 6. The normalized spacial score (nSPS) is 12.0. The molecule has 11 heteroatoms. The Labute approximate surface area is 245 Å². The molecule has 8 nitrogen and oxygen atoms in total. The number of nitrogens with one attached hydrogen (secondary N) is 2. The van der Waals surface area contributed by atoms with Crippen LogP contribution in [0.2, 0.25) is 0 Å². The molecular weight excluding hydrogens is 566 g/mol. The van der Waals surface area contributed by atoms with Gasteiger partial charge in [0.05, 0.1) is 18.0 Å². The standard InChI is InChI=1S/C31H36F2N2O6S/c1-22-6-16-27(17-7-22)42(38,39)40-19-5-18-31(23-8-12-25(32)13-9-23,24-10-14-26(33)15-11-24)21-35-28(36)20-34-29(37)41-30(2,3)4/h6-17H,5,18-21H2,1-4H3,(H,34,37)(H,35,36). The van der Waals surface area contributed by atoms with Crippen LogP contribution in [0.15, 0.2) is 77.7 Å². The van der Waals surface area contributed by atoms with E-state index in [1.165, 1.54) is 36.4 Å². The van der Waals surface area contributed by atoms with Gasteiger partial charge in [0.1, 0.15) is 17.2 Å². The maximum absolute atomic E-state index is 13.9. The number of aryl methyl sites for hydroxylation is 1. The van der Waals surface area contributed by atoms with Crippen molar-refractivity contribution < 1.29 is 35.7 Å². The molecule has 0 atom stereocenters. The molecule has 3 aromatic rings. The van der Waals surface area contributed by atoms with Crippen molar-refractivity contribution in [3.63, 3.8) is 0 Å². The molecule has 0 aliphatic carbocycles. The van der Waals surface area contributed by atoms with Gasteiger partial charge in [-0.25, -0.2) is 13.6 Å². The number of alkyl carbamates (subject to hydrolysis) is 1. The van der Waals surface area contributed by atoms with Crippen LogP contribution in [0.1, 0.15) is 50.3 Å². The lowest BCUT2D eigenvalue weighted by Crippen LogP contribution is -2.46. The summed E-state index contributed by atoms with van der Waals surface area (Å²) in [5.74, 6) is -1.46. The van der Waals surface area contributed by atoms with E-state index in [2.05, 4.69) is 10.6 Å². The highest BCUT2D eigenvalue weighted by molar-refractivity contribution is 7.86. The molecule has 42 heavy (non-hydrogen) atoms. The zero-order chi connectivity index (χ0) is 31.0. The highest BCUT2D eigenvalue weighted by Crippen LogP contribution is 2.37. The number of benzene rings is 3.